The van der Waals surface area contributed by atoms with Crippen molar-refractivity contribution in [3.8, 4) is 0 Å². The Hall–Kier alpha value is -0.0800. The van der Waals surface area contributed by atoms with Gasteiger partial charge in [0.15, 0.2) is 0 Å². The Morgan fingerprint density at radius 2 is 1.50 bits per heavy atom. The third-order valence-corrected chi connectivity index (χ3v) is 3.85. The van der Waals surface area contributed by atoms with Gasteiger partial charge in [-0.2, -0.15) is 0 Å². The lowest BCUT2D eigenvalue weighted by atomic mass is 9.83. The van der Waals surface area contributed by atoms with Gasteiger partial charge in [0, 0.05) is 37.8 Å². The van der Waals surface area contributed by atoms with E-state index in [4.69, 9.17) is 0 Å². The molecule has 0 unspecified atom stereocenters. The molecule has 96 valence electrons. The summed E-state index contributed by atoms with van der Waals surface area (Å²) in [6, 6.07) is 2.03. The van der Waals surface area contributed by atoms with Crippen molar-refractivity contribution in [3.05, 3.63) is 0 Å². The van der Waals surface area contributed by atoms with E-state index < -0.39 is 0 Å². The highest BCUT2D eigenvalue weighted by atomic mass is 15.3. The van der Waals surface area contributed by atoms with Gasteiger partial charge >= 0.3 is 0 Å². The number of piperazine rings is 1. The van der Waals surface area contributed by atoms with Crippen LogP contribution in [-0.4, -0.2) is 47.6 Å². The van der Waals surface area contributed by atoms with Crippen molar-refractivity contribution in [1.82, 2.24) is 9.80 Å². The monoisotopic (exact) mass is 226 g/mol. The summed E-state index contributed by atoms with van der Waals surface area (Å²) in [6.45, 7) is 20.0. The molecule has 1 aliphatic heterocycles. The summed E-state index contributed by atoms with van der Waals surface area (Å²) in [5.74, 6) is 0. The van der Waals surface area contributed by atoms with Gasteiger partial charge < -0.3 is 0 Å². The third kappa shape index (κ3) is 3.21. The molecule has 1 aliphatic rings. The molecule has 0 aromatic rings. The van der Waals surface area contributed by atoms with Gasteiger partial charge in [-0.05, 0) is 33.1 Å². The van der Waals surface area contributed by atoms with E-state index >= 15 is 0 Å². The highest BCUT2D eigenvalue weighted by Crippen LogP contribution is 2.29. The number of rotatable bonds is 2. The smallest absolute Gasteiger partial charge is 0.0274 e. The van der Waals surface area contributed by atoms with Crippen LogP contribution in [0.15, 0.2) is 0 Å². The van der Waals surface area contributed by atoms with Crippen LogP contribution < -0.4 is 0 Å². The van der Waals surface area contributed by atoms with Gasteiger partial charge in [-0.1, -0.05) is 20.8 Å². The van der Waals surface area contributed by atoms with E-state index in [0.717, 1.165) is 0 Å². The summed E-state index contributed by atoms with van der Waals surface area (Å²) in [4.78, 5) is 5.30. The molecule has 1 fully saturated rings. The second-order valence-electron chi connectivity index (χ2n) is 6.80. The highest BCUT2D eigenvalue weighted by Gasteiger charge is 2.36. The number of hydrogen-bond acceptors (Lipinski definition) is 2. The van der Waals surface area contributed by atoms with Crippen LogP contribution in [0.3, 0.4) is 0 Å². The van der Waals surface area contributed by atoms with E-state index in [0.29, 0.717) is 23.5 Å². The van der Waals surface area contributed by atoms with Crippen LogP contribution in [-0.2, 0) is 0 Å². The van der Waals surface area contributed by atoms with Crippen molar-refractivity contribution < 1.29 is 0 Å². The first-order chi connectivity index (χ1) is 7.23. The Kier molecular flexibility index (Phi) is 4.42. The van der Waals surface area contributed by atoms with E-state index in [2.05, 4.69) is 58.3 Å². The summed E-state index contributed by atoms with van der Waals surface area (Å²) in [5, 5.41) is 0. The van der Waals surface area contributed by atoms with Crippen LogP contribution in [0.5, 0.6) is 0 Å². The quantitative estimate of drug-likeness (QED) is 0.714. The molecule has 1 rings (SSSR count). The lowest BCUT2D eigenvalue weighted by Gasteiger charge is -2.50. The van der Waals surface area contributed by atoms with E-state index in [1.807, 2.05) is 0 Å². The first-order valence-electron chi connectivity index (χ1n) is 6.73. The average Bonchev–Trinajstić information content (AvgIpc) is 2.15. The molecular weight excluding hydrogens is 196 g/mol. The maximum absolute atomic E-state index is 2.68. The van der Waals surface area contributed by atoms with Crippen LogP contribution in [0.1, 0.15) is 48.5 Å². The highest BCUT2D eigenvalue weighted by molar-refractivity contribution is 4.92. The van der Waals surface area contributed by atoms with Crippen molar-refractivity contribution in [2.45, 2.75) is 66.6 Å². The number of hydrogen-bond donors (Lipinski definition) is 0. The molecule has 0 aromatic heterocycles. The summed E-state index contributed by atoms with van der Waals surface area (Å²) in [6.07, 6.45) is 0. The molecule has 0 bridgehead atoms. The van der Waals surface area contributed by atoms with Gasteiger partial charge in [-0.15, -0.1) is 0 Å². The maximum atomic E-state index is 2.68. The molecule has 2 heteroatoms. The van der Waals surface area contributed by atoms with E-state index in [-0.39, 0.29) is 0 Å². The second kappa shape index (κ2) is 5.05. The topological polar surface area (TPSA) is 6.48 Å². The van der Waals surface area contributed by atoms with Crippen molar-refractivity contribution in [2.75, 3.05) is 19.6 Å². The van der Waals surface area contributed by atoms with Crippen LogP contribution in [0.25, 0.3) is 0 Å². The Labute approximate surface area is 102 Å². The lowest BCUT2D eigenvalue weighted by molar-refractivity contribution is -0.0133. The molecule has 0 amide bonds. The van der Waals surface area contributed by atoms with Crippen molar-refractivity contribution in [1.29, 1.82) is 0 Å². The Morgan fingerprint density at radius 3 is 1.88 bits per heavy atom. The van der Waals surface area contributed by atoms with Gasteiger partial charge in [0.05, 0.1) is 0 Å². The number of nitrogens with zero attached hydrogens (tertiary/aromatic N) is 2. The summed E-state index contributed by atoms with van der Waals surface area (Å²) < 4.78 is 0. The Balaban J connectivity index is 2.78. The summed E-state index contributed by atoms with van der Waals surface area (Å²) >= 11 is 0. The molecule has 1 heterocycles. The SMILES string of the molecule is CC(C)N1CCN(C(C)C)[C@@H](C(C)(C)C)C1. The van der Waals surface area contributed by atoms with Crippen LogP contribution >= 0.6 is 0 Å². The zero-order chi connectivity index (χ0) is 12.5. The molecule has 2 nitrogen and oxygen atoms in total. The molecule has 0 saturated carbocycles. The Morgan fingerprint density at radius 1 is 0.938 bits per heavy atom. The molecule has 1 saturated heterocycles. The molecule has 16 heavy (non-hydrogen) atoms. The van der Waals surface area contributed by atoms with Crippen molar-refractivity contribution in [2.24, 2.45) is 5.41 Å². The zero-order valence-corrected chi connectivity index (χ0v) is 12.2. The van der Waals surface area contributed by atoms with E-state index in [1.54, 1.807) is 0 Å². The fourth-order valence-electron chi connectivity index (χ4n) is 2.68. The minimum absolute atomic E-state index is 0.373. The first kappa shape index (κ1) is 14.0. The minimum atomic E-state index is 0.373. The summed E-state index contributed by atoms with van der Waals surface area (Å²) in [7, 11) is 0. The van der Waals surface area contributed by atoms with E-state index in [9.17, 15) is 0 Å². The molecule has 0 N–H and O–H groups in total. The van der Waals surface area contributed by atoms with Gasteiger partial charge in [0.25, 0.3) is 0 Å². The molecule has 1 atom stereocenters. The standard InChI is InChI=1S/C14H30N2/c1-11(2)15-8-9-16(12(3)4)13(10-15)14(5,6)7/h11-13H,8-10H2,1-7H3/t13-/m1/s1. The zero-order valence-electron chi connectivity index (χ0n) is 12.2. The third-order valence-electron chi connectivity index (χ3n) is 3.85. The van der Waals surface area contributed by atoms with Crippen LogP contribution in [0.2, 0.25) is 0 Å². The molecule has 0 spiro atoms. The second-order valence-corrected chi connectivity index (χ2v) is 6.80. The minimum Gasteiger partial charge on any atom is -0.298 e. The van der Waals surface area contributed by atoms with Crippen molar-refractivity contribution >= 4 is 0 Å². The molecule has 0 aromatic carbocycles. The lowest BCUT2D eigenvalue weighted by Crippen LogP contribution is -2.60. The first-order valence-corrected chi connectivity index (χ1v) is 6.73. The maximum Gasteiger partial charge on any atom is 0.0274 e. The fourth-order valence-corrected chi connectivity index (χ4v) is 2.68. The molecule has 0 radical (unpaired) electrons. The van der Waals surface area contributed by atoms with Gasteiger partial charge in [0.2, 0.25) is 0 Å². The molecule has 0 aliphatic carbocycles. The Bertz CT molecular complexity index is 215. The normalized spacial score (nSPS) is 25.7. The molecular formula is C14H30N2. The predicted molar refractivity (Wildman–Crippen MR) is 71.8 cm³/mol. The van der Waals surface area contributed by atoms with Gasteiger partial charge in [0.1, 0.15) is 0 Å². The van der Waals surface area contributed by atoms with E-state index in [1.165, 1.54) is 19.6 Å². The van der Waals surface area contributed by atoms with Gasteiger partial charge in [-0.25, -0.2) is 0 Å². The largest absolute Gasteiger partial charge is 0.298 e. The predicted octanol–water partition coefficient (Wildman–Crippen LogP) is 2.84. The van der Waals surface area contributed by atoms with Gasteiger partial charge in [-0.3, -0.25) is 9.80 Å². The van der Waals surface area contributed by atoms with Crippen LogP contribution in [0, 0.1) is 5.41 Å². The summed E-state index contributed by atoms with van der Waals surface area (Å²) in [5.41, 5.74) is 0.373. The van der Waals surface area contributed by atoms with Crippen LogP contribution in [0.4, 0.5) is 0 Å². The fraction of sp³-hybridized carbons (Fsp3) is 1.00. The average molecular weight is 226 g/mol. The van der Waals surface area contributed by atoms with Crippen molar-refractivity contribution in [3.63, 3.8) is 0 Å².